The van der Waals surface area contributed by atoms with Crippen molar-refractivity contribution in [3.63, 3.8) is 0 Å². The molecule has 2 aliphatic heterocycles. The van der Waals surface area contributed by atoms with Gasteiger partial charge in [-0.2, -0.15) is 0 Å². The van der Waals surface area contributed by atoms with Gasteiger partial charge in [-0.3, -0.25) is 4.90 Å². The molecule has 2 atom stereocenters. The monoisotopic (exact) mass is 295 g/mol. The van der Waals surface area contributed by atoms with Crippen LogP contribution in [0.3, 0.4) is 0 Å². The Hall–Kier alpha value is -1.08. The number of benzene rings is 1. The molecule has 3 aliphatic rings. The summed E-state index contributed by atoms with van der Waals surface area (Å²) in [5, 5.41) is 0. The maximum absolute atomic E-state index is 2.76. The molecule has 1 nitrogen and oxygen atoms in total. The predicted octanol–water partition coefficient (Wildman–Crippen LogP) is 5.32. The van der Waals surface area contributed by atoms with Crippen molar-refractivity contribution >= 4 is 0 Å². The molecule has 0 amide bonds. The Kier molecular flexibility index (Phi) is 4.34. The fourth-order valence-electron chi connectivity index (χ4n) is 4.96. The van der Waals surface area contributed by atoms with Crippen molar-refractivity contribution in [1.29, 1.82) is 0 Å². The van der Waals surface area contributed by atoms with Gasteiger partial charge >= 0.3 is 0 Å². The van der Waals surface area contributed by atoms with Gasteiger partial charge in [0.1, 0.15) is 0 Å². The minimum absolute atomic E-state index is 0.720. The zero-order chi connectivity index (χ0) is 14.8. The van der Waals surface area contributed by atoms with Gasteiger partial charge in [-0.15, -0.1) is 0 Å². The van der Waals surface area contributed by atoms with E-state index in [-0.39, 0.29) is 0 Å². The first-order chi connectivity index (χ1) is 10.9. The summed E-state index contributed by atoms with van der Waals surface area (Å²) in [6.45, 7) is 1.14. The molecule has 22 heavy (non-hydrogen) atoms. The van der Waals surface area contributed by atoms with Crippen molar-refractivity contribution in [2.24, 2.45) is 5.92 Å². The summed E-state index contributed by atoms with van der Waals surface area (Å²) in [7, 11) is 0. The molecule has 1 saturated carbocycles. The highest BCUT2D eigenvalue weighted by molar-refractivity contribution is 5.21. The van der Waals surface area contributed by atoms with Crippen molar-refractivity contribution in [2.75, 3.05) is 0 Å². The van der Waals surface area contributed by atoms with Gasteiger partial charge in [0.2, 0.25) is 0 Å². The zero-order valence-corrected chi connectivity index (χ0v) is 13.7. The Morgan fingerprint density at radius 3 is 2.50 bits per heavy atom. The van der Waals surface area contributed by atoms with Crippen LogP contribution in [0.25, 0.3) is 0 Å². The fourth-order valence-corrected chi connectivity index (χ4v) is 4.96. The molecule has 2 bridgehead atoms. The lowest BCUT2D eigenvalue weighted by Crippen LogP contribution is -2.38. The van der Waals surface area contributed by atoms with Crippen molar-refractivity contribution in [2.45, 2.75) is 76.4 Å². The summed E-state index contributed by atoms with van der Waals surface area (Å²) in [5.41, 5.74) is 3.27. The van der Waals surface area contributed by atoms with Crippen molar-refractivity contribution in [1.82, 2.24) is 4.90 Å². The summed E-state index contributed by atoms with van der Waals surface area (Å²) in [5.74, 6) is 1.00. The van der Waals surface area contributed by atoms with Gasteiger partial charge < -0.3 is 0 Å². The number of hydrogen-bond donors (Lipinski definition) is 0. The molecule has 2 heterocycles. The molecule has 1 saturated heterocycles. The lowest BCUT2D eigenvalue weighted by Gasteiger charge is -2.35. The molecule has 2 fully saturated rings. The highest BCUT2D eigenvalue weighted by atomic mass is 15.2. The molecule has 4 rings (SSSR count). The van der Waals surface area contributed by atoms with Crippen LogP contribution in [0, 0.1) is 5.92 Å². The molecule has 118 valence electrons. The molecular formula is C21H29N. The Balaban J connectivity index is 1.41. The van der Waals surface area contributed by atoms with E-state index in [4.69, 9.17) is 0 Å². The van der Waals surface area contributed by atoms with Gasteiger partial charge in [0, 0.05) is 18.6 Å². The van der Waals surface area contributed by atoms with Gasteiger partial charge in [0.05, 0.1) is 0 Å². The average Bonchev–Trinajstić information content (AvgIpc) is 2.80. The third kappa shape index (κ3) is 3.15. The van der Waals surface area contributed by atoms with Crippen LogP contribution in [0.2, 0.25) is 0 Å². The van der Waals surface area contributed by atoms with Crippen LogP contribution in [0.15, 0.2) is 42.0 Å². The third-order valence-corrected chi connectivity index (χ3v) is 6.10. The second-order valence-corrected chi connectivity index (χ2v) is 7.69. The lowest BCUT2D eigenvalue weighted by molar-refractivity contribution is 0.191. The second-order valence-electron chi connectivity index (χ2n) is 7.69. The first-order valence-electron chi connectivity index (χ1n) is 9.38. The van der Waals surface area contributed by atoms with Crippen LogP contribution in [0.4, 0.5) is 0 Å². The molecule has 1 aromatic carbocycles. The summed E-state index contributed by atoms with van der Waals surface area (Å²) < 4.78 is 0. The molecule has 0 radical (unpaired) electrons. The van der Waals surface area contributed by atoms with E-state index in [0.717, 1.165) is 24.5 Å². The molecule has 0 spiro atoms. The molecule has 0 aromatic heterocycles. The van der Waals surface area contributed by atoms with Gasteiger partial charge in [-0.25, -0.2) is 0 Å². The Morgan fingerprint density at radius 1 is 0.909 bits per heavy atom. The van der Waals surface area contributed by atoms with Crippen LogP contribution in [0.1, 0.15) is 63.4 Å². The van der Waals surface area contributed by atoms with E-state index in [1.54, 1.807) is 5.57 Å². The highest BCUT2D eigenvalue weighted by Gasteiger charge is 2.36. The largest absolute Gasteiger partial charge is 0.289 e. The van der Waals surface area contributed by atoms with E-state index in [9.17, 15) is 0 Å². The first kappa shape index (κ1) is 14.5. The Morgan fingerprint density at radius 2 is 1.73 bits per heavy atom. The third-order valence-electron chi connectivity index (χ3n) is 6.10. The van der Waals surface area contributed by atoms with E-state index < -0.39 is 0 Å². The van der Waals surface area contributed by atoms with E-state index in [1.807, 2.05) is 0 Å². The molecular weight excluding hydrogens is 266 g/mol. The summed E-state index contributed by atoms with van der Waals surface area (Å²) >= 11 is 0. The van der Waals surface area contributed by atoms with E-state index in [1.165, 1.54) is 63.4 Å². The topological polar surface area (TPSA) is 3.24 Å². The van der Waals surface area contributed by atoms with E-state index in [0.29, 0.717) is 0 Å². The number of nitrogens with zero attached hydrogens (tertiary/aromatic N) is 1. The summed E-state index contributed by atoms with van der Waals surface area (Å²) in [6, 6.07) is 12.6. The highest BCUT2D eigenvalue weighted by Crippen LogP contribution is 2.39. The minimum Gasteiger partial charge on any atom is -0.289 e. The van der Waals surface area contributed by atoms with Crippen molar-refractivity contribution < 1.29 is 0 Å². The maximum Gasteiger partial charge on any atom is 0.0288 e. The molecule has 1 aliphatic carbocycles. The van der Waals surface area contributed by atoms with Gasteiger partial charge in [0.25, 0.3) is 0 Å². The predicted molar refractivity (Wildman–Crippen MR) is 92.7 cm³/mol. The maximum atomic E-state index is 2.76. The second kappa shape index (κ2) is 6.58. The summed E-state index contributed by atoms with van der Waals surface area (Å²) in [6.07, 6.45) is 15.6. The molecule has 2 unspecified atom stereocenters. The average molecular weight is 295 g/mol. The van der Waals surface area contributed by atoms with Crippen LogP contribution in [-0.4, -0.2) is 17.0 Å². The zero-order valence-electron chi connectivity index (χ0n) is 13.7. The molecule has 1 heteroatoms. The van der Waals surface area contributed by atoms with Crippen molar-refractivity contribution in [3.05, 3.63) is 47.5 Å². The number of fused-ring (bicyclic) bond motifs is 2. The van der Waals surface area contributed by atoms with Crippen LogP contribution >= 0.6 is 0 Å². The SMILES string of the molecule is C1=C(CC2CCCCC2)CC2CCC1N2Cc1ccccc1. The standard InChI is InChI=1S/C21H29N/c1-3-7-17(8-4-1)13-19-14-20-11-12-21(15-19)22(20)16-18-9-5-2-6-10-18/h2,5-6,9-10,14,17,20-21H,1,3-4,7-8,11-13,15-16H2. The number of hydrogen-bond acceptors (Lipinski definition) is 1. The molecule has 1 aromatic rings. The van der Waals surface area contributed by atoms with Crippen molar-refractivity contribution in [3.8, 4) is 0 Å². The van der Waals surface area contributed by atoms with E-state index >= 15 is 0 Å². The van der Waals surface area contributed by atoms with Gasteiger partial charge in [-0.05, 0) is 37.2 Å². The fraction of sp³-hybridized carbons (Fsp3) is 0.619. The Bertz CT molecular complexity index is 512. The Labute approximate surface area is 135 Å². The van der Waals surface area contributed by atoms with Gasteiger partial charge in [-0.1, -0.05) is 74.1 Å². The van der Waals surface area contributed by atoms with Crippen LogP contribution in [0.5, 0.6) is 0 Å². The lowest BCUT2D eigenvalue weighted by atomic mass is 9.82. The normalized spacial score (nSPS) is 29.5. The van der Waals surface area contributed by atoms with E-state index in [2.05, 4.69) is 41.3 Å². The van der Waals surface area contributed by atoms with Crippen LogP contribution in [-0.2, 0) is 6.54 Å². The van der Waals surface area contributed by atoms with Gasteiger partial charge in [0.15, 0.2) is 0 Å². The number of rotatable bonds is 4. The molecule has 0 N–H and O–H groups in total. The first-order valence-corrected chi connectivity index (χ1v) is 9.38. The quantitative estimate of drug-likeness (QED) is 0.679. The minimum atomic E-state index is 0.720. The summed E-state index contributed by atoms with van der Waals surface area (Å²) in [4.78, 5) is 2.76. The van der Waals surface area contributed by atoms with Crippen LogP contribution < -0.4 is 0 Å². The smallest absolute Gasteiger partial charge is 0.0288 e.